The van der Waals surface area contributed by atoms with Gasteiger partial charge in [0.25, 0.3) is 0 Å². The zero-order valence-electron chi connectivity index (χ0n) is 14.4. The third-order valence-electron chi connectivity index (χ3n) is 4.38. The molecule has 0 aliphatic heterocycles. The van der Waals surface area contributed by atoms with Gasteiger partial charge in [-0.1, -0.05) is 50.2 Å². The van der Waals surface area contributed by atoms with Gasteiger partial charge in [-0.2, -0.15) is 0 Å². The number of hydrogen-bond donors (Lipinski definition) is 2. The molecule has 0 spiro atoms. The molecule has 0 aliphatic carbocycles. The molecule has 24 heavy (non-hydrogen) atoms. The van der Waals surface area contributed by atoms with Crippen LogP contribution in [0.25, 0.3) is 0 Å². The van der Waals surface area contributed by atoms with E-state index in [1.54, 1.807) is 12.1 Å². The fraction of sp³-hybridized carbons (Fsp3) is 0.381. The van der Waals surface area contributed by atoms with Crippen LogP contribution in [0.3, 0.4) is 0 Å². The number of aliphatic hydroxyl groups excluding tert-OH is 1. The van der Waals surface area contributed by atoms with E-state index in [1.165, 1.54) is 11.1 Å². The summed E-state index contributed by atoms with van der Waals surface area (Å²) in [4.78, 5) is 10.8. The average Bonchev–Trinajstić information content (AvgIpc) is 2.58. The third-order valence-corrected chi connectivity index (χ3v) is 4.38. The van der Waals surface area contributed by atoms with E-state index < -0.39 is 5.97 Å². The molecule has 0 radical (unpaired) electrons. The highest BCUT2D eigenvalue weighted by atomic mass is 16.4. The molecular formula is C21H26O3. The number of rotatable bonds is 8. The van der Waals surface area contributed by atoms with Crippen molar-refractivity contribution in [1.82, 2.24) is 0 Å². The Hall–Kier alpha value is -2.13. The quantitative estimate of drug-likeness (QED) is 0.754. The summed E-state index contributed by atoms with van der Waals surface area (Å²) in [7, 11) is 0. The molecule has 0 saturated heterocycles. The largest absolute Gasteiger partial charge is 0.478 e. The van der Waals surface area contributed by atoms with Gasteiger partial charge in [0.1, 0.15) is 0 Å². The maximum absolute atomic E-state index is 10.8. The predicted octanol–water partition coefficient (Wildman–Crippen LogP) is 4.43. The van der Waals surface area contributed by atoms with Crippen molar-refractivity contribution in [3.05, 3.63) is 70.8 Å². The van der Waals surface area contributed by atoms with E-state index in [9.17, 15) is 9.90 Å². The first-order chi connectivity index (χ1) is 11.5. The first-order valence-corrected chi connectivity index (χ1v) is 8.55. The van der Waals surface area contributed by atoms with Crippen molar-refractivity contribution in [3.63, 3.8) is 0 Å². The molecule has 0 aromatic heterocycles. The zero-order chi connectivity index (χ0) is 17.5. The zero-order valence-corrected chi connectivity index (χ0v) is 14.4. The summed E-state index contributed by atoms with van der Waals surface area (Å²) in [5.41, 5.74) is 3.94. The molecule has 0 bridgehead atoms. The van der Waals surface area contributed by atoms with Gasteiger partial charge in [0, 0.05) is 0 Å². The fourth-order valence-corrected chi connectivity index (χ4v) is 2.69. The Kier molecular flexibility index (Phi) is 6.56. The van der Waals surface area contributed by atoms with E-state index in [1.807, 2.05) is 12.1 Å². The fourth-order valence-electron chi connectivity index (χ4n) is 2.69. The predicted molar refractivity (Wildman–Crippen MR) is 96.6 cm³/mol. The lowest BCUT2D eigenvalue weighted by molar-refractivity contribution is 0.0697. The van der Waals surface area contributed by atoms with Crippen LogP contribution in [0.1, 0.15) is 59.7 Å². The number of aliphatic hydroxyl groups is 1. The summed E-state index contributed by atoms with van der Waals surface area (Å²) in [6.45, 7) is 4.36. The van der Waals surface area contributed by atoms with Gasteiger partial charge in [0.05, 0.1) is 11.7 Å². The van der Waals surface area contributed by atoms with Crippen molar-refractivity contribution in [3.8, 4) is 0 Å². The Morgan fingerprint density at radius 1 is 0.875 bits per heavy atom. The van der Waals surface area contributed by atoms with E-state index in [0.29, 0.717) is 17.9 Å². The van der Waals surface area contributed by atoms with Crippen LogP contribution in [0.4, 0.5) is 0 Å². The Balaban J connectivity index is 1.76. The molecule has 2 aromatic rings. The van der Waals surface area contributed by atoms with E-state index >= 15 is 0 Å². The molecule has 0 heterocycles. The van der Waals surface area contributed by atoms with Gasteiger partial charge in [-0.15, -0.1) is 0 Å². The highest BCUT2D eigenvalue weighted by molar-refractivity contribution is 5.87. The second-order valence-corrected chi connectivity index (χ2v) is 6.63. The molecular weight excluding hydrogens is 300 g/mol. The van der Waals surface area contributed by atoms with Gasteiger partial charge in [-0.3, -0.25) is 0 Å². The van der Waals surface area contributed by atoms with Gasteiger partial charge < -0.3 is 10.2 Å². The van der Waals surface area contributed by atoms with Crippen LogP contribution in [0.5, 0.6) is 0 Å². The van der Waals surface area contributed by atoms with Gasteiger partial charge >= 0.3 is 5.97 Å². The monoisotopic (exact) mass is 326 g/mol. The first kappa shape index (κ1) is 18.2. The van der Waals surface area contributed by atoms with Gasteiger partial charge in [0.15, 0.2) is 0 Å². The standard InChI is InChI=1S/C21H26O3/c1-15(2)18-9-3-16(4-10-18)7-13-20(22)14-8-17-5-11-19(12-6-17)21(23)24/h3-6,9-12,15,20,22H,7-8,13-14H2,1-2H3,(H,23,24). The number of carbonyl (C=O) groups is 1. The van der Waals surface area contributed by atoms with Crippen LogP contribution in [-0.2, 0) is 12.8 Å². The minimum atomic E-state index is -0.912. The highest BCUT2D eigenvalue weighted by Crippen LogP contribution is 2.17. The molecule has 0 fully saturated rings. The molecule has 0 aliphatic rings. The van der Waals surface area contributed by atoms with Crippen molar-refractivity contribution >= 4 is 5.97 Å². The SMILES string of the molecule is CC(C)c1ccc(CCC(O)CCc2ccc(C(=O)O)cc2)cc1. The maximum atomic E-state index is 10.8. The Bertz CT molecular complexity index is 642. The van der Waals surface area contributed by atoms with E-state index in [2.05, 4.69) is 38.1 Å². The van der Waals surface area contributed by atoms with E-state index in [4.69, 9.17) is 5.11 Å². The average molecular weight is 326 g/mol. The number of aromatic carboxylic acids is 1. The summed E-state index contributed by atoms with van der Waals surface area (Å²) in [6, 6.07) is 15.5. The van der Waals surface area contributed by atoms with Crippen molar-refractivity contribution in [2.24, 2.45) is 0 Å². The van der Waals surface area contributed by atoms with Crippen LogP contribution >= 0.6 is 0 Å². The molecule has 0 amide bonds. The molecule has 2 aromatic carbocycles. The van der Waals surface area contributed by atoms with Gasteiger partial charge in [-0.05, 0) is 60.4 Å². The lowest BCUT2D eigenvalue weighted by Crippen LogP contribution is -2.09. The molecule has 128 valence electrons. The van der Waals surface area contributed by atoms with Crippen molar-refractivity contribution in [2.75, 3.05) is 0 Å². The van der Waals surface area contributed by atoms with Crippen molar-refractivity contribution in [1.29, 1.82) is 0 Å². The topological polar surface area (TPSA) is 57.5 Å². The van der Waals surface area contributed by atoms with E-state index in [-0.39, 0.29) is 6.10 Å². The summed E-state index contributed by atoms with van der Waals surface area (Å²) < 4.78 is 0. The summed E-state index contributed by atoms with van der Waals surface area (Å²) >= 11 is 0. The number of aryl methyl sites for hydroxylation is 2. The van der Waals surface area contributed by atoms with E-state index in [0.717, 1.165) is 24.8 Å². The second-order valence-electron chi connectivity index (χ2n) is 6.63. The van der Waals surface area contributed by atoms with Crippen molar-refractivity contribution < 1.29 is 15.0 Å². The molecule has 3 heteroatoms. The smallest absolute Gasteiger partial charge is 0.335 e. The Morgan fingerprint density at radius 3 is 1.75 bits per heavy atom. The maximum Gasteiger partial charge on any atom is 0.335 e. The van der Waals surface area contributed by atoms with Gasteiger partial charge in [0.2, 0.25) is 0 Å². The summed E-state index contributed by atoms with van der Waals surface area (Å²) in [6.07, 6.45) is 2.73. The lowest BCUT2D eigenvalue weighted by Gasteiger charge is -2.11. The molecule has 2 N–H and O–H groups in total. The minimum Gasteiger partial charge on any atom is -0.478 e. The number of carboxylic acids is 1. The molecule has 1 unspecified atom stereocenters. The number of benzene rings is 2. The Morgan fingerprint density at radius 2 is 1.33 bits per heavy atom. The van der Waals surface area contributed by atoms with Crippen LogP contribution in [0.2, 0.25) is 0 Å². The Labute approximate surface area is 144 Å². The van der Waals surface area contributed by atoms with Crippen molar-refractivity contribution in [2.45, 2.75) is 51.6 Å². The summed E-state index contributed by atoms with van der Waals surface area (Å²) in [5, 5.41) is 19.0. The van der Waals surface area contributed by atoms with Gasteiger partial charge in [-0.25, -0.2) is 4.79 Å². The lowest BCUT2D eigenvalue weighted by atomic mass is 9.98. The molecule has 1 atom stereocenters. The normalized spacial score (nSPS) is 12.3. The highest BCUT2D eigenvalue weighted by Gasteiger charge is 2.07. The van der Waals surface area contributed by atoms with Crippen LogP contribution in [0.15, 0.2) is 48.5 Å². The second kappa shape index (κ2) is 8.65. The third kappa shape index (κ3) is 5.50. The number of carboxylic acid groups (broad SMARTS) is 1. The summed E-state index contributed by atoms with van der Waals surface area (Å²) in [5.74, 6) is -0.373. The van der Waals surface area contributed by atoms with Crippen LogP contribution < -0.4 is 0 Å². The molecule has 0 saturated carbocycles. The molecule has 3 nitrogen and oxygen atoms in total. The minimum absolute atomic E-state index is 0.296. The van der Waals surface area contributed by atoms with Crippen LogP contribution in [0, 0.1) is 0 Å². The first-order valence-electron chi connectivity index (χ1n) is 8.55. The van der Waals surface area contributed by atoms with Crippen LogP contribution in [-0.4, -0.2) is 22.3 Å². The number of hydrogen-bond acceptors (Lipinski definition) is 2. The molecule has 2 rings (SSSR count).